The first kappa shape index (κ1) is 18.4. The van der Waals surface area contributed by atoms with Gasteiger partial charge in [-0.15, -0.1) is 0 Å². The van der Waals surface area contributed by atoms with Gasteiger partial charge in [0.1, 0.15) is 11.3 Å². The van der Waals surface area contributed by atoms with E-state index < -0.39 is 17.2 Å². The lowest BCUT2D eigenvalue weighted by Crippen LogP contribution is -2.44. The maximum atomic E-state index is 13.0. The van der Waals surface area contributed by atoms with Crippen LogP contribution in [0.15, 0.2) is 68.9 Å². The summed E-state index contributed by atoms with van der Waals surface area (Å²) >= 11 is 0. The number of benzene rings is 1. The molecule has 0 saturated heterocycles. The van der Waals surface area contributed by atoms with Crippen LogP contribution in [-0.4, -0.2) is 26.4 Å². The highest BCUT2D eigenvalue weighted by atomic mass is 16.3. The molecule has 0 fully saturated rings. The van der Waals surface area contributed by atoms with Crippen LogP contribution < -0.4 is 11.2 Å². The van der Waals surface area contributed by atoms with Crippen molar-refractivity contribution in [1.29, 1.82) is 0 Å². The molecule has 1 amide bonds. The molecule has 0 saturated carbocycles. The summed E-state index contributed by atoms with van der Waals surface area (Å²) in [6, 6.07) is 12.8. The number of nitrogens with one attached hydrogen (secondary N) is 1. The minimum atomic E-state index is -0.640. The summed E-state index contributed by atoms with van der Waals surface area (Å²) in [5.74, 6) is 0.0282. The molecule has 0 spiro atoms. The molecule has 2 heterocycles. The Morgan fingerprint density at radius 3 is 2.52 bits per heavy atom. The molecule has 27 heavy (non-hydrogen) atoms. The molecule has 0 aliphatic rings. The van der Waals surface area contributed by atoms with Crippen LogP contribution in [0.5, 0.6) is 0 Å². The Morgan fingerprint density at radius 1 is 1.15 bits per heavy atom. The van der Waals surface area contributed by atoms with E-state index >= 15 is 0 Å². The zero-order valence-electron chi connectivity index (χ0n) is 15.2. The first-order valence-corrected chi connectivity index (χ1v) is 8.67. The van der Waals surface area contributed by atoms with Crippen LogP contribution in [0.3, 0.4) is 0 Å². The van der Waals surface area contributed by atoms with Gasteiger partial charge in [-0.2, -0.15) is 0 Å². The van der Waals surface area contributed by atoms with E-state index in [1.54, 1.807) is 17.0 Å². The zero-order valence-corrected chi connectivity index (χ0v) is 15.2. The number of H-pyrrole nitrogens is 1. The van der Waals surface area contributed by atoms with Crippen LogP contribution >= 0.6 is 0 Å². The summed E-state index contributed by atoms with van der Waals surface area (Å²) in [4.78, 5) is 42.0. The maximum absolute atomic E-state index is 13.0. The van der Waals surface area contributed by atoms with Crippen molar-refractivity contribution in [3.05, 3.63) is 92.6 Å². The molecule has 7 nitrogen and oxygen atoms in total. The summed E-state index contributed by atoms with van der Waals surface area (Å²) in [6.45, 7) is 4.10. The number of carbonyl (C=O) groups excluding carboxylic acids is 1. The van der Waals surface area contributed by atoms with Gasteiger partial charge in [0.05, 0.1) is 12.8 Å². The molecule has 0 bridgehead atoms. The highest BCUT2D eigenvalue weighted by molar-refractivity contribution is 5.93. The Hall–Kier alpha value is -3.35. The van der Waals surface area contributed by atoms with E-state index in [0.29, 0.717) is 12.3 Å². The first-order valence-electron chi connectivity index (χ1n) is 8.67. The molecular formula is C20H21N3O4. The van der Waals surface area contributed by atoms with Crippen molar-refractivity contribution >= 4 is 5.91 Å². The molecule has 0 atom stereocenters. The van der Waals surface area contributed by atoms with Crippen molar-refractivity contribution in [2.75, 3.05) is 0 Å². The van der Waals surface area contributed by atoms with Gasteiger partial charge >= 0.3 is 5.69 Å². The maximum Gasteiger partial charge on any atom is 0.328 e. The SMILES string of the molecule is CC(C)N(Cc1ccccc1)C(=O)c1c[nH]c(=O)n(Cc2ccco2)c1=O. The molecular weight excluding hydrogens is 346 g/mol. The second-order valence-corrected chi connectivity index (χ2v) is 6.49. The lowest BCUT2D eigenvalue weighted by Gasteiger charge is -2.26. The third-order valence-corrected chi connectivity index (χ3v) is 4.27. The van der Waals surface area contributed by atoms with E-state index in [4.69, 9.17) is 4.42 Å². The number of amides is 1. The summed E-state index contributed by atoms with van der Waals surface area (Å²) in [5, 5.41) is 0. The molecule has 140 valence electrons. The predicted molar refractivity (Wildman–Crippen MR) is 101 cm³/mol. The van der Waals surface area contributed by atoms with Crippen molar-refractivity contribution in [2.45, 2.75) is 33.0 Å². The fourth-order valence-electron chi connectivity index (χ4n) is 2.79. The third kappa shape index (κ3) is 4.08. The van der Waals surface area contributed by atoms with Gasteiger partial charge in [0.25, 0.3) is 11.5 Å². The lowest BCUT2D eigenvalue weighted by molar-refractivity contribution is 0.0687. The van der Waals surface area contributed by atoms with Crippen molar-refractivity contribution in [3.8, 4) is 0 Å². The van der Waals surface area contributed by atoms with Crippen LogP contribution in [0.1, 0.15) is 35.5 Å². The van der Waals surface area contributed by atoms with Gasteiger partial charge in [0.2, 0.25) is 0 Å². The first-order chi connectivity index (χ1) is 13.0. The molecule has 0 radical (unpaired) electrons. The Bertz CT molecular complexity index is 1020. The number of hydrogen-bond acceptors (Lipinski definition) is 4. The van der Waals surface area contributed by atoms with Gasteiger partial charge < -0.3 is 14.3 Å². The van der Waals surface area contributed by atoms with Crippen molar-refractivity contribution < 1.29 is 9.21 Å². The van der Waals surface area contributed by atoms with Gasteiger partial charge in [0, 0.05) is 18.8 Å². The molecule has 0 unspecified atom stereocenters. The summed E-state index contributed by atoms with van der Waals surface area (Å²) in [5.41, 5.74) is -0.350. The highest BCUT2D eigenvalue weighted by Gasteiger charge is 2.23. The lowest BCUT2D eigenvalue weighted by atomic mass is 10.1. The number of aromatic amines is 1. The number of nitrogens with zero attached hydrogens (tertiary/aromatic N) is 2. The van der Waals surface area contributed by atoms with E-state index in [0.717, 1.165) is 10.1 Å². The van der Waals surface area contributed by atoms with Gasteiger partial charge in [-0.05, 0) is 31.5 Å². The molecule has 3 rings (SSSR count). The largest absolute Gasteiger partial charge is 0.467 e. The Morgan fingerprint density at radius 2 is 1.89 bits per heavy atom. The van der Waals surface area contributed by atoms with Gasteiger partial charge in [0.15, 0.2) is 0 Å². The van der Waals surface area contributed by atoms with E-state index in [2.05, 4.69) is 4.98 Å². The normalized spacial score (nSPS) is 10.9. The van der Waals surface area contributed by atoms with Gasteiger partial charge in [-0.3, -0.25) is 14.2 Å². The smallest absolute Gasteiger partial charge is 0.328 e. The number of furan rings is 1. The molecule has 1 N–H and O–H groups in total. The number of carbonyl (C=O) groups is 1. The average Bonchev–Trinajstić information content (AvgIpc) is 3.16. The van der Waals surface area contributed by atoms with Crippen LogP contribution in [0.2, 0.25) is 0 Å². The van der Waals surface area contributed by atoms with Crippen molar-refractivity contribution in [1.82, 2.24) is 14.5 Å². The highest BCUT2D eigenvalue weighted by Crippen LogP contribution is 2.11. The molecule has 1 aromatic carbocycles. The monoisotopic (exact) mass is 367 g/mol. The second kappa shape index (κ2) is 7.90. The average molecular weight is 367 g/mol. The van der Waals surface area contributed by atoms with Crippen LogP contribution in [0.25, 0.3) is 0 Å². The van der Waals surface area contributed by atoms with Gasteiger partial charge in [-0.25, -0.2) is 4.79 Å². The van der Waals surface area contributed by atoms with Gasteiger partial charge in [-0.1, -0.05) is 30.3 Å². The predicted octanol–water partition coefficient (Wildman–Crippen LogP) is 2.23. The fourth-order valence-corrected chi connectivity index (χ4v) is 2.79. The minimum absolute atomic E-state index is 0.0390. The fraction of sp³-hybridized carbons (Fsp3) is 0.250. The third-order valence-electron chi connectivity index (χ3n) is 4.27. The van der Waals surface area contributed by atoms with Crippen LogP contribution in [0.4, 0.5) is 0 Å². The minimum Gasteiger partial charge on any atom is -0.467 e. The summed E-state index contributed by atoms with van der Waals surface area (Å²) in [7, 11) is 0. The van der Waals surface area contributed by atoms with E-state index in [1.165, 1.54) is 12.5 Å². The molecule has 0 aliphatic carbocycles. The molecule has 3 aromatic rings. The Kier molecular flexibility index (Phi) is 5.40. The number of hydrogen-bond donors (Lipinski definition) is 1. The van der Waals surface area contributed by atoms with Crippen molar-refractivity contribution in [3.63, 3.8) is 0 Å². The van der Waals surface area contributed by atoms with E-state index in [9.17, 15) is 14.4 Å². The topological polar surface area (TPSA) is 88.3 Å². The van der Waals surface area contributed by atoms with Crippen LogP contribution in [-0.2, 0) is 13.1 Å². The Balaban J connectivity index is 1.95. The summed E-state index contributed by atoms with van der Waals surface area (Å²) < 4.78 is 6.17. The molecule has 2 aromatic heterocycles. The van der Waals surface area contributed by atoms with Crippen molar-refractivity contribution in [2.24, 2.45) is 0 Å². The summed E-state index contributed by atoms with van der Waals surface area (Å²) in [6.07, 6.45) is 2.65. The van der Waals surface area contributed by atoms with E-state index in [1.807, 2.05) is 44.2 Å². The Labute approximate surface area is 155 Å². The van der Waals surface area contributed by atoms with Crippen LogP contribution in [0, 0.1) is 0 Å². The van der Waals surface area contributed by atoms with E-state index in [-0.39, 0.29) is 18.2 Å². The standard InChI is InChI=1S/C20H21N3O4/c1-14(2)22(12-15-7-4-3-5-8-15)18(24)17-11-21-20(26)23(19(17)25)13-16-9-6-10-27-16/h3-11,14H,12-13H2,1-2H3,(H,21,26). The second-order valence-electron chi connectivity index (χ2n) is 6.49. The quantitative estimate of drug-likeness (QED) is 0.724. The molecule has 0 aliphatic heterocycles. The number of rotatable bonds is 6. The zero-order chi connectivity index (χ0) is 19.4. The number of aromatic nitrogens is 2. The molecule has 7 heteroatoms.